The lowest BCUT2D eigenvalue weighted by atomic mass is 9.56. The first-order chi connectivity index (χ1) is 16.7. The Morgan fingerprint density at radius 2 is 1.63 bits per heavy atom. The Morgan fingerprint density at radius 1 is 1.06 bits per heavy atom. The highest BCUT2D eigenvalue weighted by molar-refractivity contribution is 9.09. The van der Waals surface area contributed by atoms with E-state index in [2.05, 4.69) is 40.0 Å². The number of amides is 3. The van der Waals surface area contributed by atoms with E-state index in [0.29, 0.717) is 5.91 Å². The van der Waals surface area contributed by atoms with Crippen LogP contribution in [0.25, 0.3) is 0 Å². The maximum absolute atomic E-state index is 14.3. The minimum absolute atomic E-state index is 0.0658. The third-order valence-electron chi connectivity index (χ3n) is 8.82. The molecule has 1 N–H and O–H groups in total. The van der Waals surface area contributed by atoms with Gasteiger partial charge in [0, 0.05) is 24.0 Å². The summed E-state index contributed by atoms with van der Waals surface area (Å²) in [7, 11) is 0. The van der Waals surface area contributed by atoms with Crippen molar-refractivity contribution in [1.29, 1.82) is 5.26 Å². The zero-order valence-corrected chi connectivity index (χ0v) is 22.9. The molecule has 0 aromatic rings. The number of nitriles is 1. The predicted molar refractivity (Wildman–Crippen MR) is 135 cm³/mol. The van der Waals surface area contributed by atoms with Gasteiger partial charge in [-0.15, -0.1) is 0 Å². The smallest absolute Gasteiger partial charge is 0.336 e. The summed E-state index contributed by atoms with van der Waals surface area (Å²) in [6, 6.07) is 1.02. The van der Waals surface area contributed by atoms with Gasteiger partial charge in [-0.1, -0.05) is 42.6 Å². The monoisotopic (exact) mass is 555 g/mol. The van der Waals surface area contributed by atoms with Gasteiger partial charge in [-0.25, -0.2) is 14.0 Å². The Bertz CT molecular complexity index is 814. The number of likely N-dealkylation sites (tertiary alicyclic amines) is 1. The minimum Gasteiger partial charge on any atom is -0.342 e. The number of unbranched alkanes of at least 4 members (excludes halogenated alkanes) is 2. The van der Waals surface area contributed by atoms with Crippen molar-refractivity contribution >= 4 is 33.7 Å². The molecule has 4 rings (SSSR count). The lowest BCUT2D eigenvalue weighted by Gasteiger charge is -2.54. The number of fused-ring (bicyclic) bond motifs is 3. The van der Waals surface area contributed by atoms with Crippen LogP contribution in [-0.4, -0.2) is 76.4 Å². The quantitative estimate of drug-likeness (QED) is 0.307. The molecule has 1 saturated heterocycles. The molecule has 0 aromatic carbocycles. The van der Waals surface area contributed by atoms with E-state index in [1.807, 2.05) is 6.07 Å². The highest BCUT2D eigenvalue weighted by Crippen LogP contribution is 2.53. The molecule has 3 aliphatic carbocycles. The fourth-order valence-corrected chi connectivity index (χ4v) is 6.86. The van der Waals surface area contributed by atoms with E-state index in [1.54, 1.807) is 0 Å². The van der Waals surface area contributed by atoms with Crippen molar-refractivity contribution in [2.45, 2.75) is 102 Å². The fourth-order valence-electron chi connectivity index (χ4n) is 6.41. The number of nitrogens with zero attached hydrogens (tertiary/aromatic N) is 3. The van der Waals surface area contributed by atoms with Gasteiger partial charge in [-0.2, -0.15) is 9.74 Å². The predicted octanol–water partition coefficient (Wildman–Crippen LogP) is 4.00. The number of carbonyl (C=O) groups excluding carboxylic acids is 3. The Balaban J connectivity index is 1.66. The van der Waals surface area contributed by atoms with Gasteiger partial charge in [0.25, 0.3) is 0 Å². The maximum atomic E-state index is 14.3. The molecular weight excluding hydrogens is 515 g/mol. The summed E-state index contributed by atoms with van der Waals surface area (Å²) < 4.78 is 13.5. The third kappa shape index (κ3) is 5.50. The molecule has 1 aliphatic heterocycles. The summed E-state index contributed by atoms with van der Waals surface area (Å²) in [4.78, 5) is 41.8. The number of rotatable bonds is 11. The first-order valence-electron chi connectivity index (χ1n) is 13.3. The van der Waals surface area contributed by atoms with Gasteiger partial charge in [-0.05, 0) is 51.4 Å². The van der Waals surface area contributed by atoms with Crippen LogP contribution < -0.4 is 5.32 Å². The van der Waals surface area contributed by atoms with E-state index < -0.39 is 28.5 Å². The molecule has 9 heteroatoms. The number of nitrogens with one attached hydrogen (secondary N) is 1. The fraction of sp³-hybridized carbons (Fsp3) is 0.846. The molecule has 3 atom stereocenters. The number of carbonyl (C=O) groups is 3. The highest BCUT2D eigenvalue weighted by atomic mass is 79.9. The Morgan fingerprint density at radius 3 is 2.11 bits per heavy atom. The van der Waals surface area contributed by atoms with E-state index in [-0.39, 0.29) is 35.8 Å². The third-order valence-corrected chi connectivity index (χ3v) is 9.30. The van der Waals surface area contributed by atoms with Crippen molar-refractivity contribution in [1.82, 2.24) is 10.2 Å². The van der Waals surface area contributed by atoms with E-state index in [4.69, 9.17) is 0 Å². The van der Waals surface area contributed by atoms with Crippen molar-refractivity contribution in [2.75, 3.05) is 31.5 Å². The van der Waals surface area contributed by atoms with Crippen molar-refractivity contribution in [3.8, 4) is 6.07 Å². The summed E-state index contributed by atoms with van der Waals surface area (Å²) in [5, 5.41) is 12.9. The van der Waals surface area contributed by atoms with Crippen LogP contribution in [-0.2, 0) is 14.4 Å². The summed E-state index contributed by atoms with van der Waals surface area (Å²) in [5.41, 5.74) is -0.537. The highest BCUT2D eigenvalue weighted by Gasteiger charge is 2.59. The van der Waals surface area contributed by atoms with E-state index >= 15 is 0 Å². The van der Waals surface area contributed by atoms with Gasteiger partial charge in [0.15, 0.2) is 12.2 Å². The molecule has 1 unspecified atom stereocenters. The molecule has 2 bridgehead atoms. The molecule has 35 heavy (non-hydrogen) atoms. The van der Waals surface area contributed by atoms with Crippen molar-refractivity contribution in [3.63, 3.8) is 0 Å². The van der Waals surface area contributed by atoms with Gasteiger partial charge in [0.1, 0.15) is 24.5 Å². The molecule has 3 amide bonds. The van der Waals surface area contributed by atoms with Crippen LogP contribution in [0, 0.1) is 16.7 Å². The standard InChI is InChI=1S/C26H41BrFN4O3/c1-3-5-13-31(14-6-4-2)24(35)25-7-10-26(11-8-25,12-9-25)30-18-23(34)32(22(33)16-27)19-20(28)15-21(32)17-29/h20-21,30H,3-16,18-19H2,1-2H3/q+1/t20-,21-,25?,26?,32?/m0/s1. The molecule has 4 fully saturated rings. The number of imide groups is 1. The van der Waals surface area contributed by atoms with Crippen LogP contribution in [0.1, 0.15) is 84.5 Å². The second-order valence-electron chi connectivity index (χ2n) is 10.9. The number of hydrogen-bond donors (Lipinski definition) is 1. The first-order valence-corrected chi connectivity index (χ1v) is 14.4. The van der Waals surface area contributed by atoms with E-state index in [9.17, 15) is 24.0 Å². The van der Waals surface area contributed by atoms with E-state index in [0.717, 1.165) is 77.3 Å². The minimum atomic E-state index is -1.34. The average Bonchev–Trinajstić information content (AvgIpc) is 3.25. The van der Waals surface area contributed by atoms with Crippen molar-refractivity contribution in [3.05, 3.63) is 0 Å². The normalized spacial score (nSPS) is 33.9. The van der Waals surface area contributed by atoms with Crippen LogP contribution in [0.3, 0.4) is 0 Å². The lowest BCUT2D eigenvalue weighted by molar-refractivity contribution is -0.782. The molecule has 7 nitrogen and oxygen atoms in total. The SMILES string of the molecule is CCCCN(CCCC)C(=O)C12CCC(NCC(=O)[N+]3(C(=O)CBr)C[C@@H](F)C[C@H]3C#N)(CC1)CC2. The lowest BCUT2D eigenvalue weighted by Crippen LogP contribution is -2.65. The second kappa shape index (κ2) is 11.8. The largest absolute Gasteiger partial charge is 0.342 e. The zero-order chi connectivity index (χ0) is 25.7. The van der Waals surface area contributed by atoms with Crippen LogP contribution >= 0.6 is 15.9 Å². The van der Waals surface area contributed by atoms with Crippen LogP contribution in [0.4, 0.5) is 4.39 Å². The molecule has 3 saturated carbocycles. The summed E-state index contributed by atoms with van der Waals surface area (Å²) >= 11 is 3.12. The number of halogens is 2. The van der Waals surface area contributed by atoms with Gasteiger partial charge in [0.05, 0.1) is 6.42 Å². The first kappa shape index (κ1) is 28.2. The molecule has 0 spiro atoms. The number of quaternary nitrogens is 1. The maximum Gasteiger partial charge on any atom is 0.336 e. The van der Waals surface area contributed by atoms with Gasteiger partial charge >= 0.3 is 11.8 Å². The Hall–Kier alpha value is -1.37. The molecule has 4 aliphatic rings. The number of alkyl halides is 2. The van der Waals surface area contributed by atoms with Crippen LogP contribution in [0.15, 0.2) is 0 Å². The molecule has 0 aromatic heterocycles. The Kier molecular flexibility index (Phi) is 9.50. The summed E-state index contributed by atoms with van der Waals surface area (Å²) in [5.74, 6) is -0.587. The van der Waals surface area contributed by atoms with Gasteiger partial charge in [-0.3, -0.25) is 10.1 Å². The molecule has 196 valence electrons. The van der Waals surface area contributed by atoms with Crippen molar-refractivity contribution < 1.29 is 23.3 Å². The molecule has 1 heterocycles. The molecular formula is C26H41BrFN4O3+. The van der Waals surface area contributed by atoms with Gasteiger partial charge in [0.2, 0.25) is 5.91 Å². The van der Waals surface area contributed by atoms with Crippen LogP contribution in [0.2, 0.25) is 0 Å². The molecule has 0 radical (unpaired) electrons. The second-order valence-corrected chi connectivity index (χ2v) is 11.4. The number of hydrogen-bond acceptors (Lipinski definition) is 5. The summed E-state index contributed by atoms with van der Waals surface area (Å²) in [6.07, 6.45) is 7.57. The Labute approximate surface area is 217 Å². The topological polar surface area (TPSA) is 90.3 Å². The van der Waals surface area contributed by atoms with Gasteiger partial charge < -0.3 is 4.90 Å². The van der Waals surface area contributed by atoms with Crippen molar-refractivity contribution in [2.24, 2.45) is 5.41 Å². The van der Waals surface area contributed by atoms with Crippen LogP contribution in [0.5, 0.6) is 0 Å². The summed E-state index contributed by atoms with van der Waals surface area (Å²) in [6.45, 7) is 5.62. The zero-order valence-electron chi connectivity index (χ0n) is 21.3. The average molecular weight is 557 g/mol. The van der Waals surface area contributed by atoms with E-state index in [1.165, 1.54) is 0 Å².